The minimum Gasteiger partial charge on any atom is -0.396 e. The van der Waals surface area contributed by atoms with E-state index in [1.807, 2.05) is 0 Å². The van der Waals surface area contributed by atoms with E-state index in [0.717, 1.165) is 19.6 Å². The monoisotopic (exact) mass is 354 g/mol. The molecule has 0 radical (unpaired) electrons. The second-order valence-corrected chi connectivity index (χ2v) is 7.53. The number of hydrogen-bond donors (Lipinski definition) is 1. The van der Waals surface area contributed by atoms with Crippen molar-refractivity contribution < 1.29 is 9.90 Å². The number of aliphatic hydroxyl groups is 1. The number of carbonyl (C=O) groups excluding carboxylic acids is 1. The van der Waals surface area contributed by atoms with Gasteiger partial charge < -0.3 is 14.9 Å². The average Bonchev–Trinajstić information content (AvgIpc) is 3.00. The summed E-state index contributed by atoms with van der Waals surface area (Å²) in [4.78, 5) is 17.0. The van der Waals surface area contributed by atoms with Gasteiger partial charge in [0, 0.05) is 45.4 Å². The maximum Gasteiger partial charge on any atom is 0.275 e. The Balaban J connectivity index is 1.65. The summed E-state index contributed by atoms with van der Waals surface area (Å²) in [6, 6.07) is 0. The molecule has 0 unspecified atom stereocenters. The van der Waals surface area contributed by atoms with E-state index in [1.165, 1.54) is 25.7 Å². The number of carbonyl (C=O) groups is 1. The summed E-state index contributed by atoms with van der Waals surface area (Å²) >= 11 is 6.11. The third-order valence-electron chi connectivity index (χ3n) is 5.28. The molecule has 1 N–H and O–H groups in total. The van der Waals surface area contributed by atoms with Crippen LogP contribution in [0.5, 0.6) is 0 Å². The molecule has 2 aliphatic heterocycles. The van der Waals surface area contributed by atoms with Crippen molar-refractivity contribution >= 4 is 17.5 Å². The van der Waals surface area contributed by atoms with Crippen LogP contribution in [-0.2, 0) is 7.05 Å². The molecule has 0 bridgehead atoms. The zero-order chi connectivity index (χ0) is 17.1. The van der Waals surface area contributed by atoms with Crippen LogP contribution in [0, 0.1) is 11.8 Å². The highest BCUT2D eigenvalue weighted by molar-refractivity contribution is 6.33. The zero-order valence-corrected chi connectivity index (χ0v) is 15.1. The van der Waals surface area contributed by atoms with Gasteiger partial charge in [0.2, 0.25) is 0 Å². The van der Waals surface area contributed by atoms with Crippen molar-refractivity contribution in [3.63, 3.8) is 0 Å². The predicted octanol–water partition coefficient (Wildman–Crippen LogP) is 1.63. The lowest BCUT2D eigenvalue weighted by Crippen LogP contribution is -2.35. The molecule has 0 saturated carbocycles. The van der Waals surface area contributed by atoms with Gasteiger partial charge in [0.1, 0.15) is 0 Å². The summed E-state index contributed by atoms with van der Waals surface area (Å²) < 4.78 is 1.56. The third kappa shape index (κ3) is 3.92. The van der Waals surface area contributed by atoms with Crippen LogP contribution in [-0.4, -0.2) is 69.9 Å². The lowest BCUT2D eigenvalue weighted by Gasteiger charge is -2.26. The van der Waals surface area contributed by atoms with E-state index in [4.69, 9.17) is 11.6 Å². The molecule has 1 amide bonds. The van der Waals surface area contributed by atoms with E-state index < -0.39 is 0 Å². The average molecular weight is 355 g/mol. The van der Waals surface area contributed by atoms with Crippen LogP contribution in [0.3, 0.4) is 0 Å². The van der Waals surface area contributed by atoms with Gasteiger partial charge in [-0.05, 0) is 31.8 Å². The topological polar surface area (TPSA) is 61.6 Å². The maximum atomic E-state index is 12.7. The van der Waals surface area contributed by atoms with Crippen LogP contribution in [0.15, 0.2) is 6.20 Å². The normalized spacial score (nSPS) is 25.9. The van der Waals surface area contributed by atoms with Crippen LogP contribution >= 0.6 is 11.6 Å². The van der Waals surface area contributed by atoms with Gasteiger partial charge in [0.15, 0.2) is 5.69 Å². The zero-order valence-electron chi connectivity index (χ0n) is 14.3. The van der Waals surface area contributed by atoms with Crippen molar-refractivity contribution in [3.8, 4) is 0 Å². The third-order valence-corrected chi connectivity index (χ3v) is 5.55. The Bertz CT molecular complexity index is 569. The van der Waals surface area contributed by atoms with Crippen LogP contribution in [0.25, 0.3) is 0 Å². The quantitative estimate of drug-likeness (QED) is 0.892. The summed E-state index contributed by atoms with van der Waals surface area (Å²) in [6.45, 7) is 4.61. The molecule has 2 aliphatic rings. The fourth-order valence-electron chi connectivity index (χ4n) is 3.92. The van der Waals surface area contributed by atoms with Gasteiger partial charge in [-0.3, -0.25) is 9.48 Å². The van der Waals surface area contributed by atoms with Crippen molar-refractivity contribution in [1.82, 2.24) is 19.6 Å². The van der Waals surface area contributed by atoms with Gasteiger partial charge in [0.05, 0.1) is 5.02 Å². The van der Waals surface area contributed by atoms with Crippen molar-refractivity contribution in [2.24, 2.45) is 18.9 Å². The lowest BCUT2D eigenvalue weighted by molar-refractivity contribution is 0.0772. The fraction of sp³-hybridized carbons (Fsp3) is 0.765. The minimum absolute atomic E-state index is 0.123. The summed E-state index contributed by atoms with van der Waals surface area (Å²) in [5.74, 6) is 0.330. The van der Waals surface area contributed by atoms with Crippen LogP contribution in [0.1, 0.15) is 36.2 Å². The first-order valence-electron chi connectivity index (χ1n) is 8.90. The van der Waals surface area contributed by atoms with Gasteiger partial charge in [0.25, 0.3) is 5.91 Å². The molecule has 3 rings (SSSR count). The Morgan fingerprint density at radius 1 is 1.25 bits per heavy atom. The van der Waals surface area contributed by atoms with Crippen LogP contribution in [0.4, 0.5) is 0 Å². The molecule has 24 heavy (non-hydrogen) atoms. The van der Waals surface area contributed by atoms with Gasteiger partial charge in [-0.25, -0.2) is 0 Å². The number of rotatable bonds is 4. The number of amides is 1. The highest BCUT2D eigenvalue weighted by Gasteiger charge is 2.37. The molecule has 134 valence electrons. The van der Waals surface area contributed by atoms with Gasteiger partial charge in [-0.2, -0.15) is 5.10 Å². The summed E-state index contributed by atoms with van der Waals surface area (Å²) in [5, 5.41) is 14.3. The molecule has 0 aromatic carbocycles. The van der Waals surface area contributed by atoms with Crippen molar-refractivity contribution in [2.45, 2.75) is 25.7 Å². The highest BCUT2D eigenvalue weighted by Crippen LogP contribution is 2.27. The molecule has 2 fully saturated rings. The first-order chi connectivity index (χ1) is 11.6. The fourth-order valence-corrected chi connectivity index (χ4v) is 4.18. The molecule has 3 heterocycles. The highest BCUT2D eigenvalue weighted by atomic mass is 35.5. The number of aliphatic hydroxyl groups excluding tert-OH is 1. The largest absolute Gasteiger partial charge is 0.396 e. The smallest absolute Gasteiger partial charge is 0.275 e. The minimum atomic E-state index is -0.127. The first kappa shape index (κ1) is 17.7. The van der Waals surface area contributed by atoms with Gasteiger partial charge in [-0.1, -0.05) is 24.4 Å². The number of aryl methyl sites for hydroxylation is 1. The molecule has 2 atom stereocenters. The standard InChI is InChI=1S/C17H27ClN4O2/c1-20-11-15(18)16(19-20)17(24)22-9-13(14(10-22)12-23)8-21-6-4-2-3-5-7-21/h11,13-14,23H,2-10,12H2,1H3/t13-,14-/m1/s1. The Labute approximate surface area is 148 Å². The second-order valence-electron chi connectivity index (χ2n) is 7.13. The molecule has 6 nitrogen and oxygen atoms in total. The number of halogens is 1. The van der Waals surface area contributed by atoms with Crippen LogP contribution < -0.4 is 0 Å². The molecular formula is C17H27ClN4O2. The number of likely N-dealkylation sites (tertiary alicyclic amines) is 2. The SMILES string of the molecule is Cn1cc(Cl)c(C(=O)N2C[C@@H](CN3CCCCCC3)[C@@H](CO)C2)n1. The van der Waals surface area contributed by atoms with Gasteiger partial charge >= 0.3 is 0 Å². The summed E-state index contributed by atoms with van der Waals surface area (Å²) in [7, 11) is 1.76. The molecular weight excluding hydrogens is 328 g/mol. The Hall–Kier alpha value is -1.11. The maximum absolute atomic E-state index is 12.7. The Morgan fingerprint density at radius 3 is 2.50 bits per heavy atom. The Kier molecular flexibility index (Phi) is 5.79. The molecule has 1 aromatic rings. The Morgan fingerprint density at radius 2 is 1.92 bits per heavy atom. The summed E-state index contributed by atoms with van der Waals surface area (Å²) in [5.41, 5.74) is 0.311. The molecule has 0 aliphatic carbocycles. The van der Waals surface area contributed by atoms with Crippen molar-refractivity contribution in [1.29, 1.82) is 0 Å². The number of aromatic nitrogens is 2. The van der Waals surface area contributed by atoms with E-state index in [2.05, 4.69) is 10.00 Å². The number of hydrogen-bond acceptors (Lipinski definition) is 4. The van der Waals surface area contributed by atoms with E-state index in [1.54, 1.807) is 22.8 Å². The summed E-state index contributed by atoms with van der Waals surface area (Å²) in [6.07, 6.45) is 6.77. The van der Waals surface area contributed by atoms with Gasteiger partial charge in [-0.15, -0.1) is 0 Å². The lowest BCUT2D eigenvalue weighted by atomic mass is 9.96. The van der Waals surface area contributed by atoms with E-state index in [0.29, 0.717) is 29.7 Å². The molecule has 1 aromatic heterocycles. The molecule has 0 spiro atoms. The van der Waals surface area contributed by atoms with Crippen molar-refractivity contribution in [3.05, 3.63) is 16.9 Å². The van der Waals surface area contributed by atoms with E-state index in [-0.39, 0.29) is 18.4 Å². The van der Waals surface area contributed by atoms with Crippen molar-refractivity contribution in [2.75, 3.05) is 39.3 Å². The second kappa shape index (κ2) is 7.85. The van der Waals surface area contributed by atoms with Crippen LogP contribution in [0.2, 0.25) is 5.02 Å². The number of nitrogens with zero attached hydrogens (tertiary/aromatic N) is 4. The molecule has 2 saturated heterocycles. The van der Waals surface area contributed by atoms with E-state index >= 15 is 0 Å². The first-order valence-corrected chi connectivity index (χ1v) is 9.28. The predicted molar refractivity (Wildman–Crippen MR) is 93.1 cm³/mol. The molecule has 7 heteroatoms. The van der Waals surface area contributed by atoms with E-state index in [9.17, 15) is 9.90 Å².